The Balaban J connectivity index is 1.57. The first kappa shape index (κ1) is 21.0. The number of hydrogen-bond acceptors (Lipinski definition) is 5. The molecule has 152 valence electrons. The fraction of sp³-hybridized carbons (Fsp3) is 0.190. The lowest BCUT2D eigenvalue weighted by Gasteiger charge is -2.10. The normalized spacial score (nSPS) is 11.2. The Hall–Kier alpha value is -2.68. The van der Waals surface area contributed by atoms with Crippen LogP contribution in [0, 0.1) is 0 Å². The van der Waals surface area contributed by atoms with Crippen LogP contribution in [0.15, 0.2) is 70.9 Å². The van der Waals surface area contributed by atoms with E-state index in [9.17, 15) is 13.2 Å². The molecular weight excluding hydrogens is 408 g/mol. The molecule has 0 fully saturated rings. The first-order chi connectivity index (χ1) is 14.0. The molecule has 0 aliphatic heterocycles. The van der Waals surface area contributed by atoms with Crippen LogP contribution in [-0.4, -0.2) is 28.0 Å². The summed E-state index contributed by atoms with van der Waals surface area (Å²) in [6, 6.07) is 17.2. The Kier molecular flexibility index (Phi) is 7.03. The number of hydrogen-bond donors (Lipinski definition) is 2. The summed E-state index contributed by atoms with van der Waals surface area (Å²) in [5.41, 5.74) is 1.25. The third-order valence-electron chi connectivity index (χ3n) is 4.30. The smallest absolute Gasteiger partial charge is 0.251 e. The van der Waals surface area contributed by atoms with Crippen molar-refractivity contribution in [1.29, 1.82) is 0 Å². The van der Waals surface area contributed by atoms with Crippen LogP contribution in [0.5, 0.6) is 5.75 Å². The van der Waals surface area contributed by atoms with Gasteiger partial charge in [0.1, 0.15) is 5.75 Å². The molecule has 2 aromatic carbocycles. The molecule has 1 amide bonds. The molecule has 3 aromatic rings. The third kappa shape index (κ3) is 5.66. The van der Waals surface area contributed by atoms with Crippen molar-refractivity contribution in [3.63, 3.8) is 0 Å². The second kappa shape index (κ2) is 9.69. The number of rotatable bonds is 9. The maximum absolute atomic E-state index is 12.4. The van der Waals surface area contributed by atoms with Crippen molar-refractivity contribution in [3.8, 4) is 5.75 Å². The van der Waals surface area contributed by atoms with E-state index in [4.69, 9.17) is 4.74 Å². The van der Waals surface area contributed by atoms with Gasteiger partial charge in [-0.05, 0) is 48.2 Å². The molecule has 6 nitrogen and oxygen atoms in total. The van der Waals surface area contributed by atoms with Crippen LogP contribution in [0.25, 0.3) is 0 Å². The van der Waals surface area contributed by atoms with Gasteiger partial charge in [-0.1, -0.05) is 24.3 Å². The van der Waals surface area contributed by atoms with Gasteiger partial charge in [-0.25, -0.2) is 13.1 Å². The summed E-state index contributed by atoms with van der Waals surface area (Å²) < 4.78 is 32.7. The molecule has 29 heavy (non-hydrogen) atoms. The fourth-order valence-corrected chi connectivity index (χ4v) is 4.50. The summed E-state index contributed by atoms with van der Waals surface area (Å²) in [6.45, 7) is 0.636. The van der Waals surface area contributed by atoms with Crippen molar-refractivity contribution < 1.29 is 17.9 Å². The van der Waals surface area contributed by atoms with Gasteiger partial charge in [0, 0.05) is 29.1 Å². The number of sulfonamides is 1. The van der Waals surface area contributed by atoms with Crippen molar-refractivity contribution >= 4 is 27.3 Å². The Morgan fingerprint density at radius 1 is 1.03 bits per heavy atom. The molecule has 0 bridgehead atoms. The second-order valence-corrected chi connectivity index (χ2v) is 9.05. The predicted octanol–water partition coefficient (Wildman–Crippen LogP) is 3.21. The zero-order valence-corrected chi connectivity index (χ0v) is 17.6. The number of benzene rings is 2. The van der Waals surface area contributed by atoms with Gasteiger partial charge in [0.15, 0.2) is 0 Å². The molecule has 1 heterocycles. The number of nitrogens with one attached hydrogen (secondary N) is 2. The van der Waals surface area contributed by atoms with Gasteiger partial charge in [-0.3, -0.25) is 4.79 Å². The van der Waals surface area contributed by atoms with Gasteiger partial charge >= 0.3 is 0 Å². The second-order valence-electron chi connectivity index (χ2n) is 6.25. The van der Waals surface area contributed by atoms with Gasteiger partial charge in [0.25, 0.3) is 5.91 Å². The summed E-state index contributed by atoms with van der Waals surface area (Å²) in [4.78, 5) is 13.6. The minimum absolute atomic E-state index is 0.130. The monoisotopic (exact) mass is 430 g/mol. The maximum atomic E-state index is 12.4. The number of methoxy groups -OCH3 is 1. The molecule has 3 rings (SSSR count). The SMILES string of the molecule is COc1ccccc1CNC(=O)c1ccc(S(=O)(=O)NCCc2cccs2)cc1. The van der Waals surface area contributed by atoms with Gasteiger partial charge < -0.3 is 10.1 Å². The highest BCUT2D eigenvalue weighted by Crippen LogP contribution is 2.17. The lowest BCUT2D eigenvalue weighted by molar-refractivity contribution is 0.0950. The Bertz CT molecular complexity index is 1050. The summed E-state index contributed by atoms with van der Waals surface area (Å²) in [7, 11) is -2.04. The fourth-order valence-electron chi connectivity index (χ4n) is 2.76. The molecule has 1 aromatic heterocycles. The van der Waals surface area contributed by atoms with Gasteiger partial charge in [0.2, 0.25) is 10.0 Å². The number of carbonyl (C=O) groups is 1. The zero-order valence-electron chi connectivity index (χ0n) is 15.9. The lowest BCUT2D eigenvalue weighted by atomic mass is 10.2. The van der Waals surface area contributed by atoms with Crippen molar-refractivity contribution in [1.82, 2.24) is 10.0 Å². The highest BCUT2D eigenvalue weighted by Gasteiger charge is 2.15. The van der Waals surface area contributed by atoms with Crippen molar-refractivity contribution in [2.24, 2.45) is 0 Å². The average Bonchev–Trinajstić information content (AvgIpc) is 3.25. The number of para-hydroxylation sites is 1. The minimum Gasteiger partial charge on any atom is -0.496 e. The van der Waals surface area contributed by atoms with Crippen molar-refractivity contribution in [2.75, 3.05) is 13.7 Å². The molecule has 2 N–H and O–H groups in total. The van der Waals surface area contributed by atoms with Crippen LogP contribution in [0.2, 0.25) is 0 Å². The number of amides is 1. The molecule has 0 aliphatic rings. The molecule has 0 spiro atoms. The van der Waals surface area contributed by atoms with Crippen molar-refractivity contribution in [3.05, 3.63) is 82.0 Å². The van der Waals surface area contributed by atoms with Gasteiger partial charge in [0.05, 0.1) is 12.0 Å². The predicted molar refractivity (Wildman–Crippen MR) is 114 cm³/mol. The third-order valence-corrected chi connectivity index (χ3v) is 6.72. The van der Waals surface area contributed by atoms with E-state index < -0.39 is 10.0 Å². The summed E-state index contributed by atoms with van der Waals surface area (Å²) in [5.74, 6) is 0.411. The van der Waals surface area contributed by atoms with Crippen LogP contribution in [0.3, 0.4) is 0 Å². The molecule has 0 saturated carbocycles. The molecule has 0 atom stereocenters. The maximum Gasteiger partial charge on any atom is 0.251 e. The highest BCUT2D eigenvalue weighted by atomic mass is 32.2. The van der Waals surface area contributed by atoms with Crippen LogP contribution in [-0.2, 0) is 23.0 Å². The standard InChI is InChI=1S/C21H22N2O4S2/c1-27-20-7-3-2-5-17(20)15-22-21(24)16-8-10-19(11-9-16)29(25,26)23-13-12-18-6-4-14-28-18/h2-11,14,23H,12-13,15H2,1H3,(H,22,24). The highest BCUT2D eigenvalue weighted by molar-refractivity contribution is 7.89. The van der Waals surface area contributed by atoms with Gasteiger partial charge in [-0.15, -0.1) is 11.3 Å². The topological polar surface area (TPSA) is 84.5 Å². The van der Waals surface area contributed by atoms with Crippen LogP contribution in [0.1, 0.15) is 20.8 Å². The summed E-state index contributed by atoms with van der Waals surface area (Å²) in [5, 5.41) is 4.78. The minimum atomic E-state index is -3.61. The number of thiophene rings is 1. The Morgan fingerprint density at radius 3 is 2.48 bits per heavy atom. The molecule has 0 saturated heterocycles. The first-order valence-corrected chi connectivity index (χ1v) is 11.4. The van der Waals surface area contributed by atoms with E-state index in [-0.39, 0.29) is 10.8 Å². The largest absolute Gasteiger partial charge is 0.496 e. The lowest BCUT2D eigenvalue weighted by Crippen LogP contribution is -2.26. The first-order valence-electron chi connectivity index (χ1n) is 9.02. The Labute approximate surface area is 174 Å². The van der Waals surface area contributed by atoms with Crippen LogP contribution in [0.4, 0.5) is 0 Å². The van der Waals surface area contributed by atoms with E-state index in [2.05, 4.69) is 10.0 Å². The molecule has 0 unspecified atom stereocenters. The summed E-state index contributed by atoms with van der Waals surface area (Å²) in [6.07, 6.45) is 0.639. The van der Waals surface area contributed by atoms with E-state index >= 15 is 0 Å². The van der Waals surface area contributed by atoms with Crippen LogP contribution >= 0.6 is 11.3 Å². The van der Waals surface area contributed by atoms with E-state index in [0.717, 1.165) is 10.4 Å². The molecule has 8 heteroatoms. The number of ether oxygens (including phenoxy) is 1. The van der Waals surface area contributed by atoms with E-state index in [1.54, 1.807) is 18.4 Å². The average molecular weight is 431 g/mol. The molecule has 0 radical (unpaired) electrons. The van der Waals surface area contributed by atoms with Crippen LogP contribution < -0.4 is 14.8 Å². The van der Waals surface area contributed by atoms with E-state index in [1.165, 1.54) is 24.3 Å². The van der Waals surface area contributed by atoms with E-state index in [1.807, 2.05) is 41.8 Å². The summed E-state index contributed by atoms with van der Waals surface area (Å²) >= 11 is 1.59. The molecule has 0 aliphatic carbocycles. The quantitative estimate of drug-likeness (QED) is 0.546. The van der Waals surface area contributed by atoms with Crippen molar-refractivity contribution in [2.45, 2.75) is 17.9 Å². The van der Waals surface area contributed by atoms with Gasteiger partial charge in [-0.2, -0.15) is 0 Å². The Morgan fingerprint density at radius 2 is 1.79 bits per heavy atom. The van der Waals surface area contributed by atoms with E-state index in [0.29, 0.717) is 30.8 Å². The zero-order chi connectivity index (χ0) is 20.7. The number of carbonyl (C=O) groups excluding carboxylic acids is 1. The molecular formula is C21H22N2O4S2.